The number of carbonyl (C=O) groups is 2. The average Bonchev–Trinajstić information content (AvgIpc) is 4.02. The highest BCUT2D eigenvalue weighted by molar-refractivity contribution is 5.95. The number of carbonyl (C=O) groups excluding carboxylic acids is 2. The predicted octanol–water partition coefficient (Wildman–Crippen LogP) is 8.07. The molecule has 4 aliphatic heterocycles. The summed E-state index contributed by atoms with van der Waals surface area (Å²) in [4.78, 5) is 38.0. The van der Waals surface area contributed by atoms with Crippen LogP contribution in [0.15, 0.2) is 133 Å². The first kappa shape index (κ1) is 36.4. The van der Waals surface area contributed by atoms with Gasteiger partial charge in [-0.05, 0) is 107 Å². The first-order valence-corrected chi connectivity index (χ1v) is 21.6. The van der Waals surface area contributed by atoms with E-state index >= 15 is 0 Å². The normalized spacial score (nSPS) is 23.1. The molecular formula is C51H52N6O2. The highest BCUT2D eigenvalue weighted by Crippen LogP contribution is 2.46. The molecule has 4 heterocycles. The summed E-state index contributed by atoms with van der Waals surface area (Å²) in [6, 6.07) is 48.5. The Kier molecular flexibility index (Phi) is 8.78. The summed E-state index contributed by atoms with van der Waals surface area (Å²) in [7, 11) is 1.94. The molecular weight excluding hydrogens is 729 g/mol. The Morgan fingerprint density at radius 1 is 0.525 bits per heavy atom. The van der Waals surface area contributed by atoms with Crippen molar-refractivity contribution in [1.29, 1.82) is 0 Å². The van der Waals surface area contributed by atoms with Gasteiger partial charge in [0.05, 0.1) is 13.3 Å². The first-order chi connectivity index (χ1) is 28.9. The second-order valence-electron chi connectivity index (χ2n) is 17.6. The fourth-order valence-corrected chi connectivity index (χ4v) is 11.8. The van der Waals surface area contributed by atoms with E-state index in [1.54, 1.807) is 0 Å². The molecule has 4 fully saturated rings. The van der Waals surface area contributed by atoms with Crippen molar-refractivity contribution in [2.24, 2.45) is 0 Å². The van der Waals surface area contributed by atoms with Gasteiger partial charge in [0.1, 0.15) is 11.1 Å². The van der Waals surface area contributed by atoms with Crippen LogP contribution in [0.4, 0.5) is 11.4 Å². The predicted molar refractivity (Wildman–Crippen MR) is 236 cm³/mol. The minimum Gasteiger partial charge on any atom is -0.339 e. The number of amides is 2. The van der Waals surface area contributed by atoms with E-state index in [0.717, 1.165) is 76.1 Å². The Morgan fingerprint density at radius 2 is 0.983 bits per heavy atom. The highest BCUT2D eigenvalue weighted by atomic mass is 16.2. The lowest BCUT2D eigenvalue weighted by Gasteiger charge is -2.45. The zero-order chi connectivity index (χ0) is 39.7. The van der Waals surface area contributed by atoms with Gasteiger partial charge in [-0.3, -0.25) is 19.4 Å². The number of anilines is 2. The van der Waals surface area contributed by atoms with E-state index in [-0.39, 0.29) is 11.8 Å². The van der Waals surface area contributed by atoms with Crippen molar-refractivity contribution in [2.45, 2.75) is 61.7 Å². The Morgan fingerprint density at radius 3 is 1.49 bits per heavy atom. The summed E-state index contributed by atoms with van der Waals surface area (Å²) in [5, 5.41) is 8.71. The standard InChI is InChI=1S/C26H27N3O.C25H25N3O/c1-27-18-29(21-10-3-2-4-11-21)26(25(27)30)13-15-28(16-14-26)23-17-20-9-5-7-19-8-6-12-22(23)24(19)20;29-24-25(28(17-26-24)20-9-2-1-3-10-20)12-14-27(15-13-25)22-16-19-8-4-6-18-7-5-11-21(22)23(18)19/h2-12,23H,13-18H2,1H3;1-11,22H,12-17H2,(H,26,29). The van der Waals surface area contributed by atoms with Crippen molar-refractivity contribution < 1.29 is 9.59 Å². The number of nitrogens with zero attached hydrogens (tertiary/aromatic N) is 5. The van der Waals surface area contributed by atoms with E-state index in [1.807, 2.05) is 24.1 Å². The first-order valence-electron chi connectivity index (χ1n) is 21.6. The maximum atomic E-state index is 13.3. The molecule has 0 aromatic heterocycles. The third kappa shape index (κ3) is 5.78. The summed E-state index contributed by atoms with van der Waals surface area (Å²) in [6.45, 7) is 5.10. The average molecular weight is 781 g/mol. The van der Waals surface area contributed by atoms with Crippen LogP contribution >= 0.6 is 0 Å². The van der Waals surface area contributed by atoms with Crippen LogP contribution in [0, 0.1) is 0 Å². The van der Waals surface area contributed by atoms with E-state index in [1.165, 1.54) is 43.8 Å². The van der Waals surface area contributed by atoms with Crippen molar-refractivity contribution in [2.75, 3.05) is 56.4 Å². The van der Waals surface area contributed by atoms with E-state index in [9.17, 15) is 9.59 Å². The Balaban J connectivity index is 0.000000135. The number of para-hydroxylation sites is 2. The summed E-state index contributed by atoms with van der Waals surface area (Å²) in [5.74, 6) is 0.473. The molecule has 2 unspecified atom stereocenters. The molecule has 0 saturated carbocycles. The second kappa shape index (κ2) is 14.2. The van der Waals surface area contributed by atoms with Crippen molar-refractivity contribution >= 4 is 44.7 Å². The molecule has 4 saturated heterocycles. The van der Waals surface area contributed by atoms with Crippen molar-refractivity contribution in [3.05, 3.63) is 156 Å². The number of likely N-dealkylation sites (tertiary alicyclic amines) is 2. The monoisotopic (exact) mass is 780 g/mol. The Bertz CT molecular complexity index is 2550. The van der Waals surface area contributed by atoms with E-state index < -0.39 is 11.1 Å². The highest BCUT2D eigenvalue weighted by Gasteiger charge is 2.54. The molecule has 8 nitrogen and oxygen atoms in total. The Hall–Kier alpha value is -5.70. The van der Waals surface area contributed by atoms with Crippen molar-refractivity contribution in [3.8, 4) is 0 Å². The smallest absolute Gasteiger partial charge is 0.249 e. The SMILES string of the molecule is CN1CN(c2ccccc2)C2(CCN(C3Cc4cccc5cccc3c45)CC2)C1=O.O=C1NCN(c2ccccc2)C12CCN(C1Cc3cccc4cccc1c34)CC2. The second-order valence-corrected chi connectivity index (χ2v) is 17.6. The largest absolute Gasteiger partial charge is 0.339 e. The van der Waals surface area contributed by atoms with Crippen LogP contribution in [0.25, 0.3) is 21.5 Å². The molecule has 6 aromatic carbocycles. The van der Waals surface area contributed by atoms with Gasteiger partial charge in [-0.25, -0.2) is 0 Å². The zero-order valence-corrected chi connectivity index (χ0v) is 33.9. The third-order valence-electron chi connectivity index (χ3n) is 14.8. The number of piperidine rings is 2. The van der Waals surface area contributed by atoms with Crippen LogP contribution < -0.4 is 15.1 Å². The van der Waals surface area contributed by atoms with Crippen LogP contribution in [-0.4, -0.2) is 84.2 Å². The number of hydrogen-bond donors (Lipinski definition) is 1. The fourth-order valence-electron chi connectivity index (χ4n) is 11.8. The lowest BCUT2D eigenvalue weighted by Crippen LogP contribution is -2.56. The molecule has 2 amide bonds. The number of nitrogens with one attached hydrogen (secondary N) is 1. The van der Waals surface area contributed by atoms with Crippen molar-refractivity contribution in [3.63, 3.8) is 0 Å². The molecule has 0 radical (unpaired) electrons. The molecule has 6 aliphatic rings. The minimum absolute atomic E-state index is 0.192. The van der Waals surface area contributed by atoms with Gasteiger partial charge in [-0.1, -0.05) is 109 Å². The summed E-state index contributed by atoms with van der Waals surface area (Å²) < 4.78 is 0. The lowest BCUT2D eigenvalue weighted by molar-refractivity contribution is -0.132. The maximum Gasteiger partial charge on any atom is 0.249 e. The minimum atomic E-state index is -0.407. The molecule has 2 aliphatic carbocycles. The van der Waals surface area contributed by atoms with Crippen LogP contribution in [0.2, 0.25) is 0 Å². The molecule has 6 aromatic rings. The van der Waals surface area contributed by atoms with Gasteiger partial charge in [0.25, 0.3) is 0 Å². The molecule has 298 valence electrons. The molecule has 12 rings (SSSR count). The molecule has 1 N–H and O–H groups in total. The van der Waals surface area contributed by atoms with Crippen LogP contribution in [0.1, 0.15) is 60.0 Å². The topological polar surface area (TPSA) is 62.4 Å². The van der Waals surface area contributed by atoms with Gasteiger partial charge in [0, 0.05) is 56.7 Å². The number of benzene rings is 6. The third-order valence-corrected chi connectivity index (χ3v) is 14.8. The van der Waals surface area contributed by atoms with E-state index in [2.05, 4.69) is 146 Å². The van der Waals surface area contributed by atoms with Gasteiger partial charge in [0.2, 0.25) is 11.8 Å². The van der Waals surface area contributed by atoms with Crippen LogP contribution in [0.3, 0.4) is 0 Å². The zero-order valence-electron chi connectivity index (χ0n) is 33.9. The van der Waals surface area contributed by atoms with Gasteiger partial charge in [-0.2, -0.15) is 0 Å². The number of hydrogen-bond acceptors (Lipinski definition) is 6. The van der Waals surface area contributed by atoms with Gasteiger partial charge >= 0.3 is 0 Å². The van der Waals surface area contributed by atoms with Crippen LogP contribution in [-0.2, 0) is 22.4 Å². The van der Waals surface area contributed by atoms with Crippen LogP contribution in [0.5, 0.6) is 0 Å². The summed E-state index contributed by atoms with van der Waals surface area (Å²) in [6.07, 6.45) is 5.67. The molecule has 2 atom stereocenters. The fraction of sp³-hybridized carbons (Fsp3) is 0.333. The molecule has 8 heteroatoms. The van der Waals surface area contributed by atoms with Gasteiger partial charge in [-0.15, -0.1) is 0 Å². The number of rotatable bonds is 4. The summed E-state index contributed by atoms with van der Waals surface area (Å²) in [5.41, 5.74) is 7.35. The molecule has 59 heavy (non-hydrogen) atoms. The summed E-state index contributed by atoms with van der Waals surface area (Å²) >= 11 is 0. The Labute approximate surface area is 347 Å². The number of likely N-dealkylation sites (N-methyl/N-ethyl adjacent to an activating group) is 1. The van der Waals surface area contributed by atoms with Gasteiger partial charge < -0.3 is 20.0 Å². The molecule has 2 spiro atoms. The van der Waals surface area contributed by atoms with E-state index in [0.29, 0.717) is 25.4 Å². The quantitative estimate of drug-likeness (QED) is 0.195. The van der Waals surface area contributed by atoms with Gasteiger partial charge in [0.15, 0.2) is 0 Å². The van der Waals surface area contributed by atoms with E-state index in [4.69, 9.17) is 0 Å². The lowest BCUT2D eigenvalue weighted by atomic mass is 9.84. The molecule has 0 bridgehead atoms. The van der Waals surface area contributed by atoms with Crippen molar-refractivity contribution in [1.82, 2.24) is 20.0 Å². The maximum absolute atomic E-state index is 13.3.